The number of para-hydroxylation sites is 1. The number of nitriles is 1. The molecule has 4 saturated heterocycles. The second-order valence-electron chi connectivity index (χ2n) is 10.1. The highest BCUT2D eigenvalue weighted by Crippen LogP contribution is 2.31. The molecule has 2 aromatic heterocycles. The molecule has 190 valence electrons. The van der Waals surface area contributed by atoms with E-state index in [-0.39, 0.29) is 18.2 Å². The molecule has 4 aliphatic rings. The summed E-state index contributed by atoms with van der Waals surface area (Å²) in [6.45, 7) is 7.51. The van der Waals surface area contributed by atoms with Gasteiger partial charge in [0.05, 0.1) is 23.6 Å². The first-order valence-corrected chi connectivity index (χ1v) is 12.9. The van der Waals surface area contributed by atoms with Crippen molar-refractivity contribution < 1.29 is 4.79 Å². The molecule has 7 rings (SSSR count). The van der Waals surface area contributed by atoms with Crippen molar-refractivity contribution in [2.75, 3.05) is 49.1 Å². The van der Waals surface area contributed by atoms with Gasteiger partial charge in [0.25, 0.3) is 5.91 Å². The highest BCUT2D eigenvalue weighted by Gasteiger charge is 2.44. The molecule has 3 aromatic rings. The Morgan fingerprint density at radius 3 is 2.49 bits per heavy atom. The van der Waals surface area contributed by atoms with Crippen LogP contribution in [0.1, 0.15) is 27.3 Å². The van der Waals surface area contributed by atoms with Gasteiger partial charge >= 0.3 is 0 Å². The van der Waals surface area contributed by atoms with E-state index in [2.05, 4.69) is 44.1 Å². The molecule has 9 nitrogen and oxygen atoms in total. The van der Waals surface area contributed by atoms with Gasteiger partial charge in [-0.2, -0.15) is 5.26 Å². The molecule has 9 heteroatoms. The Morgan fingerprint density at radius 1 is 1.05 bits per heavy atom. The standard InChI is InChI=1S/C28H32N8O/c1-20-22(17-36-26-18-35(19-27(36)31-26)23-8-4-3-7-21(23)16-29)15-24(32(20)2)28(37)34-13-11-33(12-14-34)25-9-5-6-10-30-25/h3-10,15,26-27,31H,11-14,17-19H2,1-2H3. The minimum absolute atomic E-state index is 0.0961. The zero-order valence-corrected chi connectivity index (χ0v) is 21.3. The molecule has 4 aliphatic heterocycles. The molecular weight excluding hydrogens is 464 g/mol. The Morgan fingerprint density at radius 2 is 1.78 bits per heavy atom. The molecule has 37 heavy (non-hydrogen) atoms. The number of pyridine rings is 1. The molecule has 0 radical (unpaired) electrons. The average Bonchev–Trinajstić information content (AvgIpc) is 3.24. The van der Waals surface area contributed by atoms with Crippen LogP contribution in [-0.2, 0) is 13.6 Å². The lowest BCUT2D eigenvalue weighted by atomic mass is 10.0. The zero-order chi connectivity index (χ0) is 25.5. The van der Waals surface area contributed by atoms with E-state index in [1.165, 1.54) is 5.56 Å². The van der Waals surface area contributed by atoms with E-state index < -0.39 is 0 Å². The number of nitrogens with one attached hydrogen (secondary N) is 1. The normalized spacial score (nSPS) is 21.5. The summed E-state index contributed by atoms with van der Waals surface area (Å²) < 4.78 is 2.04. The third-order valence-corrected chi connectivity index (χ3v) is 8.09. The molecule has 2 bridgehead atoms. The van der Waals surface area contributed by atoms with Gasteiger partial charge in [-0.25, -0.2) is 4.98 Å². The SMILES string of the molecule is Cc1c(CN2C3CN(c4ccccc4C#N)CC2N3)cc(C(=O)N2CCN(c3ccccn3)CC2)n1C. The lowest BCUT2D eigenvalue weighted by molar-refractivity contribution is -0.0490. The van der Waals surface area contributed by atoms with Crippen LogP contribution in [-0.4, -0.2) is 76.9 Å². The number of aromatic nitrogens is 2. The smallest absolute Gasteiger partial charge is 0.270 e. The van der Waals surface area contributed by atoms with Crippen LogP contribution in [0.2, 0.25) is 0 Å². The highest BCUT2D eigenvalue weighted by molar-refractivity contribution is 5.93. The molecule has 0 aliphatic carbocycles. The van der Waals surface area contributed by atoms with Crippen LogP contribution in [0.25, 0.3) is 0 Å². The van der Waals surface area contributed by atoms with Crippen LogP contribution in [0, 0.1) is 18.3 Å². The lowest BCUT2D eigenvalue weighted by Gasteiger charge is -2.57. The predicted octanol–water partition coefficient (Wildman–Crippen LogP) is 2.14. The van der Waals surface area contributed by atoms with Crippen LogP contribution in [0.4, 0.5) is 11.5 Å². The number of carbonyl (C=O) groups excluding carboxylic acids is 1. The molecule has 1 amide bonds. The van der Waals surface area contributed by atoms with Gasteiger partial charge in [0.1, 0.15) is 17.6 Å². The number of anilines is 2. The number of nitrogens with zero attached hydrogens (tertiary/aromatic N) is 7. The number of hydrogen-bond donors (Lipinski definition) is 1. The quantitative estimate of drug-likeness (QED) is 0.580. The number of piperazine rings is 3. The lowest BCUT2D eigenvalue weighted by Crippen LogP contribution is -2.79. The number of hydrogen-bond acceptors (Lipinski definition) is 7. The highest BCUT2D eigenvalue weighted by atomic mass is 16.2. The van der Waals surface area contributed by atoms with Crippen LogP contribution in [0.15, 0.2) is 54.7 Å². The average molecular weight is 497 g/mol. The van der Waals surface area contributed by atoms with Crippen molar-refractivity contribution in [1.29, 1.82) is 5.26 Å². The maximum Gasteiger partial charge on any atom is 0.270 e. The van der Waals surface area contributed by atoms with Crippen molar-refractivity contribution in [1.82, 2.24) is 24.7 Å². The summed E-state index contributed by atoms with van der Waals surface area (Å²) in [4.78, 5) is 26.9. The Labute approximate surface area is 217 Å². The molecule has 2 atom stereocenters. The van der Waals surface area contributed by atoms with Crippen molar-refractivity contribution in [2.24, 2.45) is 7.05 Å². The second-order valence-corrected chi connectivity index (χ2v) is 10.1. The minimum atomic E-state index is 0.0961. The molecular formula is C28H32N8O. The zero-order valence-electron chi connectivity index (χ0n) is 21.3. The van der Waals surface area contributed by atoms with E-state index in [1.54, 1.807) is 0 Å². The largest absolute Gasteiger partial charge is 0.365 e. The van der Waals surface area contributed by atoms with Crippen LogP contribution in [0.3, 0.4) is 0 Å². The fraction of sp³-hybridized carbons (Fsp3) is 0.393. The summed E-state index contributed by atoms with van der Waals surface area (Å²) in [7, 11) is 1.99. The summed E-state index contributed by atoms with van der Waals surface area (Å²) in [6, 6.07) is 18.2. The maximum atomic E-state index is 13.5. The molecule has 1 aromatic carbocycles. The van der Waals surface area contributed by atoms with Crippen LogP contribution < -0.4 is 15.1 Å². The van der Waals surface area contributed by atoms with Gasteiger partial charge in [-0.1, -0.05) is 18.2 Å². The summed E-state index contributed by atoms with van der Waals surface area (Å²) in [5.74, 6) is 1.06. The van der Waals surface area contributed by atoms with Gasteiger partial charge in [0.15, 0.2) is 0 Å². The molecule has 4 fully saturated rings. The summed E-state index contributed by atoms with van der Waals surface area (Å²) in [5.41, 5.74) is 4.81. The number of amides is 1. The summed E-state index contributed by atoms with van der Waals surface area (Å²) >= 11 is 0. The number of rotatable bonds is 5. The molecule has 2 unspecified atom stereocenters. The van der Waals surface area contributed by atoms with Crippen molar-refractivity contribution in [3.8, 4) is 6.07 Å². The Hall–Kier alpha value is -3.87. The first-order chi connectivity index (χ1) is 18.0. The second kappa shape index (κ2) is 9.54. The van der Waals surface area contributed by atoms with E-state index in [1.807, 2.05) is 65.2 Å². The maximum absolute atomic E-state index is 13.5. The van der Waals surface area contributed by atoms with E-state index in [4.69, 9.17) is 0 Å². The van der Waals surface area contributed by atoms with Crippen molar-refractivity contribution in [2.45, 2.75) is 25.8 Å². The van der Waals surface area contributed by atoms with Gasteiger partial charge in [-0.3, -0.25) is 15.0 Å². The molecule has 0 saturated carbocycles. The topological polar surface area (TPSA) is 83.7 Å². The van der Waals surface area contributed by atoms with Crippen molar-refractivity contribution in [3.63, 3.8) is 0 Å². The van der Waals surface area contributed by atoms with Crippen molar-refractivity contribution in [3.05, 3.63) is 77.2 Å². The monoisotopic (exact) mass is 496 g/mol. The van der Waals surface area contributed by atoms with E-state index in [9.17, 15) is 10.1 Å². The Bertz CT molecular complexity index is 1330. The Kier molecular flexibility index (Phi) is 6.07. The van der Waals surface area contributed by atoms with Crippen LogP contribution in [0.5, 0.6) is 0 Å². The van der Waals surface area contributed by atoms with E-state index >= 15 is 0 Å². The predicted molar refractivity (Wildman–Crippen MR) is 142 cm³/mol. The first kappa shape index (κ1) is 23.5. The first-order valence-electron chi connectivity index (χ1n) is 12.9. The molecule has 6 heterocycles. The third-order valence-electron chi connectivity index (χ3n) is 8.09. The van der Waals surface area contributed by atoms with E-state index in [0.717, 1.165) is 61.2 Å². The van der Waals surface area contributed by atoms with Crippen molar-refractivity contribution >= 4 is 17.4 Å². The van der Waals surface area contributed by atoms with E-state index in [0.29, 0.717) is 13.1 Å². The summed E-state index contributed by atoms with van der Waals surface area (Å²) in [6.07, 6.45) is 2.26. The Balaban J connectivity index is 1.10. The summed E-state index contributed by atoms with van der Waals surface area (Å²) in [5, 5.41) is 13.1. The fourth-order valence-corrected chi connectivity index (χ4v) is 5.78. The van der Waals surface area contributed by atoms with Gasteiger partial charge < -0.3 is 19.3 Å². The minimum Gasteiger partial charge on any atom is -0.365 e. The van der Waals surface area contributed by atoms with Gasteiger partial charge in [-0.15, -0.1) is 0 Å². The molecule has 0 spiro atoms. The number of fused-ring (bicyclic) bond motifs is 2. The van der Waals surface area contributed by atoms with Gasteiger partial charge in [-0.05, 0) is 42.8 Å². The van der Waals surface area contributed by atoms with Crippen LogP contribution >= 0.6 is 0 Å². The number of benzene rings is 1. The number of carbonyl (C=O) groups is 1. The van der Waals surface area contributed by atoms with Gasteiger partial charge in [0.2, 0.25) is 0 Å². The fourth-order valence-electron chi connectivity index (χ4n) is 5.78. The third kappa shape index (κ3) is 4.22. The molecule has 1 N–H and O–H groups in total. The van der Waals surface area contributed by atoms with Gasteiger partial charge in [0, 0.05) is 64.8 Å².